The smallest absolute Gasteiger partial charge is 0.170 e. The monoisotopic (exact) mass is 236 g/mol. The van der Waals surface area contributed by atoms with Gasteiger partial charge >= 0.3 is 0 Å². The molecule has 0 unspecified atom stereocenters. The van der Waals surface area contributed by atoms with Crippen molar-refractivity contribution in [2.24, 2.45) is 5.92 Å². The number of hydrogen-bond acceptors (Lipinski definition) is 3. The highest BCUT2D eigenvalue weighted by atomic mass is 16.5. The van der Waals surface area contributed by atoms with E-state index in [1.807, 2.05) is 0 Å². The molecule has 1 heterocycles. The van der Waals surface area contributed by atoms with Gasteiger partial charge in [0.2, 0.25) is 0 Å². The second-order valence-corrected chi connectivity index (χ2v) is 6.09. The van der Waals surface area contributed by atoms with Crippen LogP contribution in [-0.4, -0.2) is 5.16 Å². The Morgan fingerprint density at radius 2 is 1.94 bits per heavy atom. The Kier molecular flexibility index (Phi) is 3.45. The van der Waals surface area contributed by atoms with Crippen molar-refractivity contribution in [3.63, 3.8) is 0 Å². The van der Waals surface area contributed by atoms with Crippen LogP contribution in [0.15, 0.2) is 4.52 Å². The topological polar surface area (TPSA) is 52.0 Å². The van der Waals surface area contributed by atoms with E-state index >= 15 is 0 Å². The molecule has 1 fully saturated rings. The average Bonchev–Trinajstić information content (AvgIpc) is 2.61. The molecular formula is C14H24N2O. The lowest BCUT2D eigenvalue weighted by atomic mass is 9.72. The lowest BCUT2D eigenvalue weighted by Gasteiger charge is -2.31. The predicted octanol–water partition coefficient (Wildman–Crippen LogP) is 3.68. The Labute approximate surface area is 104 Å². The van der Waals surface area contributed by atoms with Crippen molar-refractivity contribution in [1.82, 2.24) is 5.16 Å². The minimum Gasteiger partial charge on any atom is -0.381 e. The molecular weight excluding hydrogens is 212 g/mol. The van der Waals surface area contributed by atoms with Crippen molar-refractivity contribution in [3.05, 3.63) is 11.3 Å². The lowest BCUT2D eigenvalue weighted by molar-refractivity contribution is 0.238. The van der Waals surface area contributed by atoms with Crippen LogP contribution in [0.25, 0.3) is 0 Å². The summed E-state index contributed by atoms with van der Waals surface area (Å²) in [5, 5.41) is 3.99. The molecule has 0 aliphatic heterocycles. The molecule has 1 aromatic rings. The molecule has 0 aromatic carbocycles. The summed E-state index contributed by atoms with van der Waals surface area (Å²) < 4.78 is 5.56. The number of rotatable bonds is 3. The van der Waals surface area contributed by atoms with Crippen LogP contribution >= 0.6 is 0 Å². The molecule has 1 aliphatic carbocycles. The van der Waals surface area contributed by atoms with Crippen LogP contribution in [0.5, 0.6) is 0 Å². The number of nitrogens with zero attached hydrogens (tertiary/aromatic N) is 1. The van der Waals surface area contributed by atoms with Gasteiger partial charge in [-0.3, -0.25) is 0 Å². The van der Waals surface area contributed by atoms with Crippen LogP contribution in [-0.2, 0) is 11.8 Å². The van der Waals surface area contributed by atoms with Crippen LogP contribution in [0, 0.1) is 5.92 Å². The quantitative estimate of drug-likeness (QED) is 0.871. The molecule has 96 valence electrons. The normalized spacial score (nSPS) is 19.8. The van der Waals surface area contributed by atoms with E-state index in [2.05, 4.69) is 25.9 Å². The Hall–Kier alpha value is -0.990. The second-order valence-electron chi connectivity index (χ2n) is 6.09. The molecule has 0 saturated heterocycles. The molecule has 1 saturated carbocycles. The average molecular weight is 236 g/mol. The van der Waals surface area contributed by atoms with E-state index in [0.717, 1.165) is 17.7 Å². The van der Waals surface area contributed by atoms with Crippen molar-refractivity contribution < 1.29 is 4.52 Å². The molecule has 0 radical (unpaired) electrons. The maximum absolute atomic E-state index is 5.95. The molecule has 1 aromatic heterocycles. The van der Waals surface area contributed by atoms with Gasteiger partial charge in [0.25, 0.3) is 0 Å². The van der Waals surface area contributed by atoms with E-state index in [9.17, 15) is 0 Å². The number of nitrogens with two attached hydrogens (primary N) is 1. The molecule has 0 bridgehead atoms. The fourth-order valence-corrected chi connectivity index (χ4v) is 2.96. The van der Waals surface area contributed by atoms with Crippen molar-refractivity contribution in [2.75, 3.05) is 5.73 Å². The predicted molar refractivity (Wildman–Crippen MR) is 69.9 cm³/mol. The molecule has 0 atom stereocenters. The zero-order valence-electron chi connectivity index (χ0n) is 11.3. The molecule has 17 heavy (non-hydrogen) atoms. The number of anilines is 1. The second kappa shape index (κ2) is 4.71. The molecule has 3 nitrogen and oxygen atoms in total. The van der Waals surface area contributed by atoms with Gasteiger partial charge in [-0.2, -0.15) is 0 Å². The van der Waals surface area contributed by atoms with Gasteiger partial charge in [0, 0.05) is 11.0 Å². The Bertz CT molecular complexity index is 376. The molecule has 0 spiro atoms. The van der Waals surface area contributed by atoms with E-state index in [1.165, 1.54) is 32.1 Å². The highest BCUT2D eigenvalue weighted by Gasteiger charge is 2.35. The summed E-state index contributed by atoms with van der Waals surface area (Å²) in [6.07, 6.45) is 7.30. The maximum atomic E-state index is 5.95. The van der Waals surface area contributed by atoms with Crippen LogP contribution in [0.1, 0.15) is 64.2 Å². The van der Waals surface area contributed by atoms with Crippen molar-refractivity contribution in [2.45, 2.75) is 64.7 Å². The van der Waals surface area contributed by atoms with Crippen LogP contribution < -0.4 is 5.73 Å². The summed E-state index contributed by atoms with van der Waals surface area (Å²) in [7, 11) is 0. The summed E-state index contributed by atoms with van der Waals surface area (Å²) in [5.41, 5.74) is 7.27. The van der Waals surface area contributed by atoms with Gasteiger partial charge in [-0.05, 0) is 25.2 Å². The van der Waals surface area contributed by atoms with E-state index in [4.69, 9.17) is 10.3 Å². The molecule has 0 amide bonds. The van der Waals surface area contributed by atoms with Gasteiger partial charge in [-0.25, -0.2) is 0 Å². The standard InChI is InChI=1S/C14H24N2O/c1-10(2)9-11-12(17-16-13(11)15)14(3)7-5-4-6-8-14/h10H,4-9H2,1-3H3,(H2,15,16). The summed E-state index contributed by atoms with van der Waals surface area (Å²) >= 11 is 0. The van der Waals surface area contributed by atoms with E-state index < -0.39 is 0 Å². The fraction of sp³-hybridized carbons (Fsp3) is 0.786. The van der Waals surface area contributed by atoms with Gasteiger partial charge in [0.1, 0.15) is 5.76 Å². The van der Waals surface area contributed by atoms with E-state index in [-0.39, 0.29) is 5.41 Å². The molecule has 2 rings (SSSR count). The minimum absolute atomic E-state index is 0.160. The third-order valence-electron chi connectivity index (χ3n) is 3.94. The van der Waals surface area contributed by atoms with Gasteiger partial charge in [0.15, 0.2) is 5.82 Å². The van der Waals surface area contributed by atoms with Gasteiger partial charge in [-0.1, -0.05) is 45.2 Å². The lowest BCUT2D eigenvalue weighted by Crippen LogP contribution is -2.26. The van der Waals surface area contributed by atoms with Gasteiger partial charge in [0.05, 0.1) is 0 Å². The summed E-state index contributed by atoms with van der Waals surface area (Å²) in [4.78, 5) is 0. The first-order valence-corrected chi connectivity index (χ1v) is 6.77. The largest absolute Gasteiger partial charge is 0.381 e. The highest BCUT2D eigenvalue weighted by Crippen LogP contribution is 2.42. The van der Waals surface area contributed by atoms with E-state index in [0.29, 0.717) is 11.7 Å². The fourth-order valence-electron chi connectivity index (χ4n) is 2.96. The number of hydrogen-bond donors (Lipinski definition) is 1. The summed E-state index contributed by atoms with van der Waals surface area (Å²) in [6.45, 7) is 6.72. The van der Waals surface area contributed by atoms with Gasteiger partial charge in [-0.15, -0.1) is 0 Å². The minimum atomic E-state index is 0.160. The summed E-state index contributed by atoms with van der Waals surface area (Å²) in [5.74, 6) is 2.24. The van der Waals surface area contributed by atoms with Crippen molar-refractivity contribution in [1.29, 1.82) is 0 Å². The van der Waals surface area contributed by atoms with Crippen LogP contribution in [0.2, 0.25) is 0 Å². The third-order valence-corrected chi connectivity index (χ3v) is 3.94. The third kappa shape index (κ3) is 2.48. The Morgan fingerprint density at radius 3 is 2.53 bits per heavy atom. The zero-order valence-corrected chi connectivity index (χ0v) is 11.3. The van der Waals surface area contributed by atoms with Crippen LogP contribution in [0.3, 0.4) is 0 Å². The Morgan fingerprint density at radius 1 is 1.29 bits per heavy atom. The first-order chi connectivity index (χ1) is 8.03. The Balaban J connectivity index is 2.30. The number of aromatic nitrogens is 1. The maximum Gasteiger partial charge on any atom is 0.170 e. The molecule has 2 N–H and O–H groups in total. The molecule has 1 aliphatic rings. The first-order valence-electron chi connectivity index (χ1n) is 6.77. The summed E-state index contributed by atoms with van der Waals surface area (Å²) in [6, 6.07) is 0. The van der Waals surface area contributed by atoms with Gasteiger partial charge < -0.3 is 10.3 Å². The van der Waals surface area contributed by atoms with Crippen molar-refractivity contribution in [3.8, 4) is 0 Å². The highest BCUT2D eigenvalue weighted by molar-refractivity contribution is 5.43. The molecule has 3 heteroatoms. The SMILES string of the molecule is CC(C)Cc1c(N)noc1C1(C)CCCCC1. The number of nitrogen functional groups attached to an aromatic ring is 1. The van der Waals surface area contributed by atoms with Crippen LogP contribution in [0.4, 0.5) is 5.82 Å². The van der Waals surface area contributed by atoms with E-state index in [1.54, 1.807) is 0 Å². The van der Waals surface area contributed by atoms with Crippen molar-refractivity contribution >= 4 is 5.82 Å². The first kappa shape index (κ1) is 12.5. The zero-order chi connectivity index (χ0) is 12.5.